The lowest BCUT2D eigenvalue weighted by molar-refractivity contribution is 0.511. The third-order valence-electron chi connectivity index (χ3n) is 2.11. The van der Waals surface area contributed by atoms with Gasteiger partial charge in [0, 0.05) is 25.0 Å². The molecule has 0 radical (unpaired) electrons. The Morgan fingerprint density at radius 2 is 2.31 bits per heavy atom. The van der Waals surface area contributed by atoms with E-state index in [1.165, 1.54) is 0 Å². The van der Waals surface area contributed by atoms with Gasteiger partial charge in [-0.3, -0.25) is 4.99 Å². The average Bonchev–Trinajstić information content (AvgIpc) is 2.28. The molecule has 68 valence electrons. The molecule has 1 aromatic rings. The zero-order chi connectivity index (χ0) is 9.26. The summed E-state index contributed by atoms with van der Waals surface area (Å²) < 4.78 is 0. The Morgan fingerprint density at radius 1 is 1.46 bits per heavy atom. The van der Waals surface area contributed by atoms with Crippen molar-refractivity contribution in [2.45, 2.75) is 0 Å². The molecule has 0 aliphatic carbocycles. The molecule has 0 saturated heterocycles. The van der Waals surface area contributed by atoms with Crippen molar-refractivity contribution >= 4 is 17.8 Å². The summed E-state index contributed by atoms with van der Waals surface area (Å²) in [5.41, 5.74) is 0. The molecule has 1 aromatic carbocycles. The van der Waals surface area contributed by atoms with Crippen LogP contribution >= 0.6 is 11.6 Å². The van der Waals surface area contributed by atoms with Gasteiger partial charge in [-0.25, -0.2) is 0 Å². The first-order chi connectivity index (χ1) is 6.27. The molecule has 0 atom stereocenters. The number of rotatable bonds is 0. The average molecular weight is 195 g/mol. The van der Waals surface area contributed by atoms with E-state index in [0.717, 1.165) is 28.7 Å². The number of benzene rings is 1. The Hall–Kier alpha value is -1.02. The summed E-state index contributed by atoms with van der Waals surface area (Å²) in [7, 11) is 2.04. The highest BCUT2D eigenvalue weighted by Gasteiger charge is 2.00. The molecule has 3 heteroatoms. The third-order valence-corrected chi connectivity index (χ3v) is 2.44. The van der Waals surface area contributed by atoms with Gasteiger partial charge in [0.25, 0.3) is 0 Å². The predicted octanol–water partition coefficient (Wildman–Crippen LogP) is 0.643. The van der Waals surface area contributed by atoms with Crippen LogP contribution in [0.25, 0.3) is 6.20 Å². The smallest absolute Gasteiger partial charge is 0.0677 e. The maximum absolute atomic E-state index is 6.06. The molecule has 0 fully saturated rings. The third kappa shape index (κ3) is 1.68. The van der Waals surface area contributed by atoms with Crippen molar-refractivity contribution < 1.29 is 0 Å². The summed E-state index contributed by atoms with van der Waals surface area (Å²) in [6.07, 6.45) is 2.05. The molecule has 1 aliphatic rings. The van der Waals surface area contributed by atoms with Gasteiger partial charge in [-0.1, -0.05) is 17.7 Å². The number of hydrogen-bond donors (Lipinski definition) is 0. The number of halogens is 1. The molecular weight excluding hydrogens is 184 g/mol. The maximum atomic E-state index is 6.06. The number of nitrogens with zero attached hydrogens (tertiary/aromatic N) is 2. The Balaban J connectivity index is 2.76. The Bertz CT molecular complexity index is 425. The Morgan fingerprint density at radius 3 is 3.15 bits per heavy atom. The van der Waals surface area contributed by atoms with Crippen LogP contribution in [0.2, 0.25) is 5.02 Å². The van der Waals surface area contributed by atoms with Gasteiger partial charge in [0.05, 0.1) is 16.9 Å². The number of likely N-dealkylation sites (N-methyl/N-ethyl adjacent to an activating group) is 1. The lowest BCUT2D eigenvalue weighted by Gasteiger charge is -2.09. The van der Waals surface area contributed by atoms with Crippen LogP contribution < -0.4 is 10.6 Å². The van der Waals surface area contributed by atoms with Crippen LogP contribution in [-0.2, 0) is 0 Å². The summed E-state index contributed by atoms with van der Waals surface area (Å²) >= 11 is 6.06. The van der Waals surface area contributed by atoms with Gasteiger partial charge in [0.1, 0.15) is 0 Å². The van der Waals surface area contributed by atoms with Crippen molar-refractivity contribution in [1.82, 2.24) is 4.90 Å². The number of hydrogen-bond acceptors (Lipinski definition) is 2. The zero-order valence-electron chi connectivity index (χ0n) is 7.50. The van der Waals surface area contributed by atoms with Crippen molar-refractivity contribution in [2.24, 2.45) is 4.99 Å². The molecule has 2 nitrogen and oxygen atoms in total. The molecule has 13 heavy (non-hydrogen) atoms. The molecule has 0 N–H and O–H groups in total. The van der Waals surface area contributed by atoms with E-state index in [-0.39, 0.29) is 0 Å². The fraction of sp³-hybridized carbons (Fsp3) is 0.300. The molecule has 0 unspecified atom stereocenters. The molecule has 1 aliphatic heterocycles. The molecule has 0 aromatic heterocycles. The van der Waals surface area contributed by atoms with E-state index in [1.807, 2.05) is 31.4 Å². The molecule has 0 saturated carbocycles. The van der Waals surface area contributed by atoms with Crippen LogP contribution in [0.1, 0.15) is 0 Å². The van der Waals surface area contributed by atoms with Crippen molar-refractivity contribution in [2.75, 3.05) is 20.1 Å². The minimum Gasteiger partial charge on any atom is -0.378 e. The van der Waals surface area contributed by atoms with Crippen LogP contribution in [0.5, 0.6) is 0 Å². The molecule has 0 amide bonds. The van der Waals surface area contributed by atoms with Crippen molar-refractivity contribution in [3.8, 4) is 0 Å². The van der Waals surface area contributed by atoms with E-state index in [4.69, 9.17) is 11.6 Å². The topological polar surface area (TPSA) is 15.6 Å². The van der Waals surface area contributed by atoms with E-state index < -0.39 is 0 Å². The standard InChI is InChI=1S/C10H11ClN2/c1-13-6-5-12-10-4-2-3-9(11)8(10)7-13/h2-4,7H,5-6H2,1H3. The van der Waals surface area contributed by atoms with E-state index in [1.54, 1.807) is 0 Å². The summed E-state index contributed by atoms with van der Waals surface area (Å²) in [4.78, 5) is 6.55. The molecule has 1 heterocycles. The van der Waals surface area contributed by atoms with Gasteiger partial charge < -0.3 is 4.90 Å². The lowest BCUT2D eigenvalue weighted by Crippen LogP contribution is -2.26. The summed E-state index contributed by atoms with van der Waals surface area (Å²) in [6, 6.07) is 5.83. The van der Waals surface area contributed by atoms with Gasteiger partial charge in [0.15, 0.2) is 0 Å². The molecule has 0 bridgehead atoms. The Kier molecular flexibility index (Phi) is 2.23. The van der Waals surface area contributed by atoms with Crippen LogP contribution in [0, 0.1) is 0 Å². The van der Waals surface area contributed by atoms with E-state index >= 15 is 0 Å². The first-order valence-corrected chi connectivity index (χ1v) is 4.66. The van der Waals surface area contributed by atoms with Gasteiger partial charge in [-0.2, -0.15) is 0 Å². The second kappa shape index (κ2) is 3.38. The second-order valence-corrected chi connectivity index (χ2v) is 3.57. The highest BCUT2D eigenvalue weighted by Crippen LogP contribution is 1.98. The van der Waals surface area contributed by atoms with E-state index in [0.29, 0.717) is 0 Å². The van der Waals surface area contributed by atoms with Crippen molar-refractivity contribution in [3.05, 3.63) is 33.8 Å². The van der Waals surface area contributed by atoms with Gasteiger partial charge >= 0.3 is 0 Å². The second-order valence-electron chi connectivity index (χ2n) is 3.16. The quantitative estimate of drug-likeness (QED) is 0.592. The van der Waals surface area contributed by atoms with Gasteiger partial charge in [0.2, 0.25) is 0 Å². The monoisotopic (exact) mass is 194 g/mol. The summed E-state index contributed by atoms with van der Waals surface area (Å²) in [6.45, 7) is 1.78. The van der Waals surface area contributed by atoms with Gasteiger partial charge in [-0.15, -0.1) is 0 Å². The summed E-state index contributed by atoms with van der Waals surface area (Å²) in [5.74, 6) is 0. The molecule has 2 rings (SSSR count). The van der Waals surface area contributed by atoms with Crippen LogP contribution in [0.15, 0.2) is 23.2 Å². The van der Waals surface area contributed by atoms with Crippen LogP contribution in [0.4, 0.5) is 0 Å². The van der Waals surface area contributed by atoms with Crippen molar-refractivity contribution in [3.63, 3.8) is 0 Å². The SMILES string of the molecule is CN1C=c2c(Cl)cccc2=NCC1. The molecular formula is C10H11ClN2. The normalized spacial score (nSPS) is 15.4. The van der Waals surface area contributed by atoms with Crippen LogP contribution in [-0.4, -0.2) is 25.0 Å². The van der Waals surface area contributed by atoms with Crippen molar-refractivity contribution in [1.29, 1.82) is 0 Å². The first-order valence-electron chi connectivity index (χ1n) is 4.28. The fourth-order valence-corrected chi connectivity index (χ4v) is 1.62. The fourth-order valence-electron chi connectivity index (χ4n) is 1.40. The Labute approximate surface area is 82.2 Å². The largest absolute Gasteiger partial charge is 0.378 e. The number of fused-ring (bicyclic) bond motifs is 1. The maximum Gasteiger partial charge on any atom is 0.0677 e. The highest BCUT2D eigenvalue weighted by atomic mass is 35.5. The van der Waals surface area contributed by atoms with Crippen LogP contribution in [0.3, 0.4) is 0 Å². The zero-order valence-corrected chi connectivity index (χ0v) is 8.25. The highest BCUT2D eigenvalue weighted by molar-refractivity contribution is 6.30. The predicted molar refractivity (Wildman–Crippen MR) is 54.2 cm³/mol. The van der Waals surface area contributed by atoms with E-state index in [2.05, 4.69) is 9.89 Å². The lowest BCUT2D eigenvalue weighted by atomic mass is 10.3. The minimum absolute atomic E-state index is 0.773. The van der Waals surface area contributed by atoms with E-state index in [9.17, 15) is 0 Å². The molecule has 0 spiro atoms. The first kappa shape index (κ1) is 8.57. The minimum atomic E-state index is 0.773. The summed E-state index contributed by atoms with van der Waals surface area (Å²) in [5, 5.41) is 2.80. The van der Waals surface area contributed by atoms with Gasteiger partial charge in [-0.05, 0) is 12.1 Å².